The first kappa shape index (κ1) is 20.3. The van der Waals surface area contributed by atoms with Gasteiger partial charge in [-0.3, -0.25) is 0 Å². The molecule has 0 aromatic heterocycles. The normalized spacial score (nSPS) is 19.6. The van der Waals surface area contributed by atoms with Gasteiger partial charge >= 0.3 is 5.97 Å². The van der Waals surface area contributed by atoms with Crippen molar-refractivity contribution < 1.29 is 13.9 Å². The van der Waals surface area contributed by atoms with Gasteiger partial charge < -0.3 is 4.74 Å². The molecule has 1 saturated carbocycles. The number of benzene rings is 2. The maximum Gasteiger partial charge on any atom is 0.343 e. The number of hydrogen-bond acceptors (Lipinski definition) is 2. The molecular formula is C25H29FO2. The Labute approximate surface area is 167 Å². The Morgan fingerprint density at radius 1 is 1.04 bits per heavy atom. The number of carbonyl (C=O) groups excluding carboxylic acids is 1. The van der Waals surface area contributed by atoms with E-state index in [2.05, 4.69) is 19.1 Å². The molecular weight excluding hydrogens is 351 g/mol. The van der Waals surface area contributed by atoms with Crippen LogP contribution in [0.1, 0.15) is 73.7 Å². The number of hydrogen-bond donors (Lipinski definition) is 0. The lowest BCUT2D eigenvalue weighted by molar-refractivity contribution is 0.0734. The molecule has 1 aliphatic carbocycles. The lowest BCUT2D eigenvalue weighted by Gasteiger charge is -2.27. The van der Waals surface area contributed by atoms with Crippen LogP contribution < -0.4 is 4.74 Å². The minimum Gasteiger partial charge on any atom is -0.423 e. The molecule has 3 heteroatoms. The Morgan fingerprint density at radius 2 is 1.71 bits per heavy atom. The predicted molar refractivity (Wildman–Crippen MR) is 111 cm³/mol. The van der Waals surface area contributed by atoms with Gasteiger partial charge in [0.1, 0.15) is 11.6 Å². The van der Waals surface area contributed by atoms with Crippen LogP contribution in [-0.4, -0.2) is 5.97 Å². The molecule has 0 unspecified atom stereocenters. The highest BCUT2D eigenvalue weighted by atomic mass is 19.1. The van der Waals surface area contributed by atoms with Gasteiger partial charge in [-0.2, -0.15) is 0 Å². The largest absolute Gasteiger partial charge is 0.423 e. The van der Waals surface area contributed by atoms with Gasteiger partial charge in [0, 0.05) is 0 Å². The molecule has 0 aliphatic heterocycles. The van der Waals surface area contributed by atoms with Gasteiger partial charge in [-0.15, -0.1) is 0 Å². The zero-order valence-electron chi connectivity index (χ0n) is 16.6. The van der Waals surface area contributed by atoms with Crippen LogP contribution in [0.5, 0.6) is 5.75 Å². The summed E-state index contributed by atoms with van der Waals surface area (Å²) in [5.74, 6) is 0.871. The van der Waals surface area contributed by atoms with E-state index in [1.54, 1.807) is 0 Å². The van der Waals surface area contributed by atoms with E-state index in [9.17, 15) is 9.18 Å². The molecule has 28 heavy (non-hydrogen) atoms. The van der Waals surface area contributed by atoms with Crippen LogP contribution >= 0.6 is 0 Å². The first-order valence-electron chi connectivity index (χ1n) is 10.4. The Hall–Kier alpha value is -2.42. The second-order valence-electron chi connectivity index (χ2n) is 7.65. The minimum atomic E-state index is -0.418. The molecule has 2 aromatic rings. The summed E-state index contributed by atoms with van der Waals surface area (Å²) in [5, 5.41) is 0. The zero-order valence-corrected chi connectivity index (χ0v) is 16.6. The molecule has 0 bridgehead atoms. The molecule has 1 aliphatic rings. The van der Waals surface area contributed by atoms with Crippen molar-refractivity contribution in [1.82, 2.24) is 0 Å². The summed E-state index contributed by atoms with van der Waals surface area (Å²) in [6.07, 6.45) is 13.4. The predicted octanol–water partition coefficient (Wildman–Crippen LogP) is 7.07. The zero-order chi connectivity index (χ0) is 19.8. The summed E-state index contributed by atoms with van der Waals surface area (Å²) in [6, 6.07) is 13.2. The summed E-state index contributed by atoms with van der Waals surface area (Å²) in [7, 11) is 0. The van der Waals surface area contributed by atoms with Crippen LogP contribution in [0.2, 0.25) is 0 Å². The molecule has 1 fully saturated rings. The lowest BCUT2D eigenvalue weighted by Crippen LogP contribution is -2.12. The monoisotopic (exact) mass is 380 g/mol. The molecule has 148 valence electrons. The molecule has 0 spiro atoms. The van der Waals surface area contributed by atoms with Gasteiger partial charge in [0.15, 0.2) is 0 Å². The molecule has 3 rings (SSSR count). The summed E-state index contributed by atoms with van der Waals surface area (Å²) in [4.78, 5) is 12.3. The van der Waals surface area contributed by atoms with Gasteiger partial charge in [-0.25, -0.2) is 9.18 Å². The number of allylic oxidation sites excluding steroid dienone is 2. The molecule has 0 atom stereocenters. The minimum absolute atomic E-state index is 0.348. The maximum atomic E-state index is 12.9. The van der Waals surface area contributed by atoms with Crippen molar-refractivity contribution >= 4 is 5.97 Å². The summed E-state index contributed by atoms with van der Waals surface area (Å²) in [5.41, 5.74) is 1.81. The van der Waals surface area contributed by atoms with Crippen LogP contribution in [0, 0.1) is 11.7 Å². The van der Waals surface area contributed by atoms with Gasteiger partial charge in [-0.05, 0) is 85.9 Å². The number of ether oxygens (including phenoxy) is 1. The van der Waals surface area contributed by atoms with Gasteiger partial charge in [0.2, 0.25) is 0 Å². The maximum absolute atomic E-state index is 12.9. The fourth-order valence-electron chi connectivity index (χ4n) is 3.82. The van der Waals surface area contributed by atoms with Crippen LogP contribution in [0.15, 0.2) is 60.7 Å². The van der Waals surface area contributed by atoms with Crippen LogP contribution in [0.3, 0.4) is 0 Å². The van der Waals surface area contributed by atoms with E-state index >= 15 is 0 Å². The quantitative estimate of drug-likeness (QED) is 0.222. The van der Waals surface area contributed by atoms with E-state index in [0.29, 0.717) is 17.2 Å². The average Bonchev–Trinajstić information content (AvgIpc) is 2.73. The number of esters is 1. The average molecular weight is 381 g/mol. The smallest absolute Gasteiger partial charge is 0.343 e. The summed E-state index contributed by atoms with van der Waals surface area (Å²) in [6.45, 7) is 2.23. The summed E-state index contributed by atoms with van der Waals surface area (Å²) >= 11 is 0. The van der Waals surface area contributed by atoms with Crippen LogP contribution in [0.25, 0.3) is 0 Å². The molecule has 0 N–H and O–H groups in total. The van der Waals surface area contributed by atoms with E-state index in [0.717, 1.165) is 5.92 Å². The fraction of sp³-hybridized carbons (Fsp3) is 0.400. The third kappa shape index (κ3) is 5.79. The Morgan fingerprint density at radius 3 is 2.36 bits per heavy atom. The molecule has 0 amide bonds. The first-order valence-corrected chi connectivity index (χ1v) is 10.4. The van der Waals surface area contributed by atoms with Crippen LogP contribution in [-0.2, 0) is 0 Å². The van der Waals surface area contributed by atoms with Crippen molar-refractivity contribution in [1.29, 1.82) is 0 Å². The van der Waals surface area contributed by atoms with Gasteiger partial charge in [0.05, 0.1) is 5.56 Å². The Bertz CT molecular complexity index is 769. The third-order valence-electron chi connectivity index (χ3n) is 5.55. The molecule has 0 radical (unpaired) electrons. The molecule has 2 aromatic carbocycles. The van der Waals surface area contributed by atoms with Crippen molar-refractivity contribution in [2.75, 3.05) is 0 Å². The Kier molecular flexibility index (Phi) is 7.41. The van der Waals surface area contributed by atoms with E-state index in [4.69, 9.17) is 4.74 Å². The first-order chi connectivity index (χ1) is 13.7. The molecule has 0 saturated heterocycles. The van der Waals surface area contributed by atoms with Gasteiger partial charge in [0.25, 0.3) is 0 Å². The number of rotatable bonds is 7. The fourth-order valence-corrected chi connectivity index (χ4v) is 3.82. The van der Waals surface area contributed by atoms with E-state index in [1.807, 2.05) is 24.3 Å². The van der Waals surface area contributed by atoms with Crippen molar-refractivity contribution in [2.24, 2.45) is 5.92 Å². The standard InChI is InChI=1S/C25H29FO2/c1-2-3-4-5-6-19-7-9-20(10-8-19)21-11-13-22(14-12-21)25(27)28-24-17-15-23(26)16-18-24/h5-6,11-20H,2-4,7-10H2,1H3/b6-5+. The van der Waals surface area contributed by atoms with E-state index < -0.39 is 5.97 Å². The van der Waals surface area contributed by atoms with Crippen molar-refractivity contribution in [2.45, 2.75) is 57.8 Å². The lowest BCUT2D eigenvalue weighted by atomic mass is 9.78. The van der Waals surface area contributed by atoms with Crippen molar-refractivity contribution in [3.8, 4) is 5.75 Å². The number of halogens is 1. The molecule has 2 nitrogen and oxygen atoms in total. The van der Waals surface area contributed by atoms with E-state index in [1.165, 1.54) is 74.8 Å². The third-order valence-corrected chi connectivity index (χ3v) is 5.55. The Balaban J connectivity index is 1.51. The van der Waals surface area contributed by atoms with Gasteiger partial charge in [-0.1, -0.05) is 44.1 Å². The second-order valence-corrected chi connectivity index (χ2v) is 7.65. The number of unbranched alkanes of at least 4 members (excludes halogenated alkanes) is 2. The second kappa shape index (κ2) is 10.2. The topological polar surface area (TPSA) is 26.3 Å². The highest BCUT2D eigenvalue weighted by Crippen LogP contribution is 2.36. The highest BCUT2D eigenvalue weighted by Gasteiger charge is 2.21. The van der Waals surface area contributed by atoms with E-state index in [-0.39, 0.29) is 5.82 Å². The highest BCUT2D eigenvalue weighted by molar-refractivity contribution is 5.91. The number of carbonyl (C=O) groups is 1. The van der Waals surface area contributed by atoms with Crippen molar-refractivity contribution in [3.63, 3.8) is 0 Å². The van der Waals surface area contributed by atoms with Crippen LogP contribution in [0.4, 0.5) is 4.39 Å². The summed E-state index contributed by atoms with van der Waals surface area (Å²) < 4.78 is 18.2. The molecule has 0 heterocycles. The SMILES string of the molecule is CCCC/C=C/C1CCC(c2ccc(C(=O)Oc3ccc(F)cc3)cc2)CC1. The van der Waals surface area contributed by atoms with Crippen molar-refractivity contribution in [3.05, 3.63) is 77.6 Å².